The monoisotopic (exact) mass is 216 g/mol. The number of nitrogens with one attached hydrogen (secondary N) is 1. The molecule has 1 saturated heterocycles. The van der Waals surface area contributed by atoms with E-state index in [9.17, 15) is 9.59 Å². The fourth-order valence-electron chi connectivity index (χ4n) is 1.56. The average molecular weight is 216 g/mol. The second-order valence-electron chi connectivity index (χ2n) is 3.58. The van der Waals surface area contributed by atoms with Crippen molar-refractivity contribution in [1.29, 1.82) is 0 Å². The zero-order chi connectivity index (χ0) is 10.6. The molecule has 4 nitrogen and oxygen atoms in total. The molecule has 5 heteroatoms. The first-order valence-corrected chi connectivity index (χ1v) is 5.39. The largest absolute Gasteiger partial charge is 0.355 e. The number of hydrogen-bond donors (Lipinski definition) is 2. The Morgan fingerprint density at radius 1 is 1.71 bits per heavy atom. The molecule has 0 spiro atoms. The summed E-state index contributed by atoms with van der Waals surface area (Å²) in [6.45, 7) is 3.41. The first kappa shape index (κ1) is 11.4. The van der Waals surface area contributed by atoms with Crippen molar-refractivity contribution in [1.82, 2.24) is 10.2 Å². The van der Waals surface area contributed by atoms with Crippen LogP contribution in [0.2, 0.25) is 0 Å². The lowest BCUT2D eigenvalue weighted by Gasteiger charge is -2.16. The van der Waals surface area contributed by atoms with E-state index in [0.717, 1.165) is 12.3 Å². The molecule has 2 amide bonds. The molecule has 1 aliphatic heterocycles. The Labute approximate surface area is 89.4 Å². The standard InChI is InChI=1S/C9H16N2O2S/c1-7(12)10-2-3-11-5-8(6-14)4-9(11)13/h8,14H,2-6H2,1H3,(H,10,12). The number of likely N-dealkylation sites (tertiary alicyclic amines) is 1. The molecule has 1 atom stereocenters. The molecule has 1 fully saturated rings. The maximum atomic E-state index is 11.4. The topological polar surface area (TPSA) is 49.4 Å². The van der Waals surface area contributed by atoms with Gasteiger partial charge in [-0.25, -0.2) is 0 Å². The predicted octanol–water partition coefficient (Wildman–Crippen LogP) is -0.0992. The zero-order valence-electron chi connectivity index (χ0n) is 8.32. The minimum Gasteiger partial charge on any atom is -0.355 e. The lowest BCUT2D eigenvalue weighted by molar-refractivity contribution is -0.128. The first-order valence-electron chi connectivity index (χ1n) is 4.76. The third kappa shape index (κ3) is 3.21. The highest BCUT2D eigenvalue weighted by molar-refractivity contribution is 7.80. The summed E-state index contributed by atoms with van der Waals surface area (Å²) in [7, 11) is 0. The number of carbonyl (C=O) groups is 2. The Kier molecular flexibility index (Phi) is 4.25. The van der Waals surface area contributed by atoms with E-state index >= 15 is 0 Å². The SMILES string of the molecule is CC(=O)NCCN1CC(CS)CC1=O. The van der Waals surface area contributed by atoms with Gasteiger partial charge in [0.2, 0.25) is 11.8 Å². The minimum atomic E-state index is -0.0533. The van der Waals surface area contributed by atoms with Gasteiger partial charge in [0.15, 0.2) is 0 Å². The molecule has 14 heavy (non-hydrogen) atoms. The Morgan fingerprint density at radius 3 is 2.93 bits per heavy atom. The van der Waals surface area contributed by atoms with Gasteiger partial charge in [0.25, 0.3) is 0 Å². The van der Waals surface area contributed by atoms with Crippen molar-refractivity contribution in [2.75, 3.05) is 25.4 Å². The molecule has 1 rings (SSSR count). The third-order valence-corrected chi connectivity index (χ3v) is 2.82. The van der Waals surface area contributed by atoms with Gasteiger partial charge in [-0.15, -0.1) is 0 Å². The van der Waals surface area contributed by atoms with Crippen molar-refractivity contribution in [3.8, 4) is 0 Å². The molecule has 0 aromatic carbocycles. The summed E-state index contributed by atoms with van der Waals surface area (Å²) in [5.74, 6) is 1.25. The van der Waals surface area contributed by atoms with Crippen LogP contribution in [0.1, 0.15) is 13.3 Å². The van der Waals surface area contributed by atoms with E-state index in [1.807, 2.05) is 0 Å². The van der Waals surface area contributed by atoms with E-state index in [0.29, 0.717) is 25.4 Å². The van der Waals surface area contributed by atoms with Crippen molar-refractivity contribution in [3.05, 3.63) is 0 Å². The molecule has 0 aromatic rings. The number of thiol groups is 1. The van der Waals surface area contributed by atoms with Crippen LogP contribution < -0.4 is 5.32 Å². The van der Waals surface area contributed by atoms with Crippen molar-refractivity contribution >= 4 is 24.4 Å². The maximum Gasteiger partial charge on any atom is 0.223 e. The average Bonchev–Trinajstić information content (AvgIpc) is 2.47. The van der Waals surface area contributed by atoms with Crippen LogP contribution in [-0.2, 0) is 9.59 Å². The van der Waals surface area contributed by atoms with Gasteiger partial charge >= 0.3 is 0 Å². The van der Waals surface area contributed by atoms with Gasteiger partial charge in [-0.05, 0) is 11.7 Å². The van der Waals surface area contributed by atoms with Crippen molar-refractivity contribution in [2.45, 2.75) is 13.3 Å². The van der Waals surface area contributed by atoms with E-state index in [4.69, 9.17) is 0 Å². The molecule has 1 unspecified atom stereocenters. The summed E-state index contributed by atoms with van der Waals surface area (Å²) in [5.41, 5.74) is 0. The fraction of sp³-hybridized carbons (Fsp3) is 0.778. The smallest absolute Gasteiger partial charge is 0.223 e. The lowest BCUT2D eigenvalue weighted by Crippen LogP contribution is -2.34. The van der Waals surface area contributed by atoms with Crippen LogP contribution in [0, 0.1) is 5.92 Å². The molecule has 0 aromatic heterocycles. The van der Waals surface area contributed by atoms with Crippen LogP contribution in [0.3, 0.4) is 0 Å². The van der Waals surface area contributed by atoms with Gasteiger partial charge in [0, 0.05) is 33.0 Å². The summed E-state index contributed by atoms with van der Waals surface area (Å²) < 4.78 is 0. The van der Waals surface area contributed by atoms with Crippen LogP contribution in [0.4, 0.5) is 0 Å². The fourth-order valence-corrected chi connectivity index (χ4v) is 1.80. The molecular weight excluding hydrogens is 200 g/mol. The van der Waals surface area contributed by atoms with Crippen molar-refractivity contribution < 1.29 is 9.59 Å². The second-order valence-corrected chi connectivity index (χ2v) is 3.94. The Balaban J connectivity index is 2.25. The second kappa shape index (κ2) is 5.24. The van der Waals surface area contributed by atoms with E-state index in [1.54, 1.807) is 4.90 Å². The molecule has 0 aliphatic carbocycles. The number of carbonyl (C=O) groups excluding carboxylic acids is 2. The normalized spacial score (nSPS) is 21.4. The number of rotatable bonds is 4. The molecule has 0 saturated carbocycles. The molecule has 80 valence electrons. The van der Waals surface area contributed by atoms with Crippen LogP contribution in [0.15, 0.2) is 0 Å². The highest BCUT2D eigenvalue weighted by Crippen LogP contribution is 2.17. The van der Waals surface area contributed by atoms with Crippen LogP contribution >= 0.6 is 12.6 Å². The van der Waals surface area contributed by atoms with E-state index in [-0.39, 0.29) is 11.8 Å². The summed E-state index contributed by atoms with van der Waals surface area (Å²) in [6, 6.07) is 0. The van der Waals surface area contributed by atoms with Crippen LogP contribution in [0.5, 0.6) is 0 Å². The van der Waals surface area contributed by atoms with Crippen LogP contribution in [-0.4, -0.2) is 42.1 Å². The number of amides is 2. The highest BCUT2D eigenvalue weighted by Gasteiger charge is 2.27. The molecule has 0 radical (unpaired) electrons. The summed E-state index contributed by atoms with van der Waals surface area (Å²) in [4.78, 5) is 23.8. The molecule has 1 heterocycles. The maximum absolute atomic E-state index is 11.4. The molecule has 1 aliphatic rings. The van der Waals surface area contributed by atoms with Gasteiger partial charge in [0.05, 0.1) is 0 Å². The quantitative estimate of drug-likeness (QED) is 0.645. The highest BCUT2D eigenvalue weighted by atomic mass is 32.1. The van der Waals surface area contributed by atoms with E-state index in [1.165, 1.54) is 6.92 Å². The van der Waals surface area contributed by atoms with Crippen molar-refractivity contribution in [2.24, 2.45) is 5.92 Å². The summed E-state index contributed by atoms with van der Waals surface area (Å²) in [5, 5.41) is 2.67. The number of nitrogens with zero attached hydrogens (tertiary/aromatic N) is 1. The van der Waals surface area contributed by atoms with Gasteiger partial charge in [0.1, 0.15) is 0 Å². The Hall–Kier alpha value is -0.710. The van der Waals surface area contributed by atoms with Crippen LogP contribution in [0.25, 0.3) is 0 Å². The summed E-state index contributed by atoms with van der Waals surface area (Å²) in [6.07, 6.45) is 0.601. The lowest BCUT2D eigenvalue weighted by atomic mass is 10.1. The Bertz CT molecular complexity index is 233. The zero-order valence-corrected chi connectivity index (χ0v) is 9.22. The molecule has 1 N–H and O–H groups in total. The van der Waals surface area contributed by atoms with Gasteiger partial charge in [-0.3, -0.25) is 9.59 Å². The Morgan fingerprint density at radius 2 is 2.43 bits per heavy atom. The van der Waals surface area contributed by atoms with E-state index in [2.05, 4.69) is 17.9 Å². The molecule has 0 bridgehead atoms. The van der Waals surface area contributed by atoms with Crippen molar-refractivity contribution in [3.63, 3.8) is 0 Å². The molecular formula is C9H16N2O2S. The van der Waals surface area contributed by atoms with E-state index < -0.39 is 0 Å². The van der Waals surface area contributed by atoms with Gasteiger partial charge in [-0.2, -0.15) is 12.6 Å². The summed E-state index contributed by atoms with van der Waals surface area (Å²) >= 11 is 4.17. The first-order chi connectivity index (χ1) is 6.63. The predicted molar refractivity (Wildman–Crippen MR) is 57.2 cm³/mol. The third-order valence-electron chi connectivity index (χ3n) is 2.31. The van der Waals surface area contributed by atoms with Gasteiger partial charge in [-0.1, -0.05) is 0 Å². The minimum absolute atomic E-state index is 0.0533. The number of hydrogen-bond acceptors (Lipinski definition) is 3. The van der Waals surface area contributed by atoms with Gasteiger partial charge < -0.3 is 10.2 Å².